The van der Waals surface area contributed by atoms with Crippen molar-refractivity contribution in [2.75, 3.05) is 26.3 Å². The van der Waals surface area contributed by atoms with Crippen LogP contribution in [-0.4, -0.2) is 53.0 Å². The van der Waals surface area contributed by atoms with Gasteiger partial charge < -0.3 is 14.4 Å². The summed E-state index contributed by atoms with van der Waals surface area (Å²) in [5.74, 6) is 0.0124. The number of aryl methyl sites for hydroxylation is 2. The van der Waals surface area contributed by atoms with Gasteiger partial charge in [-0.3, -0.25) is 9.48 Å². The first-order valence-corrected chi connectivity index (χ1v) is 9.16. The molecule has 0 saturated carbocycles. The van der Waals surface area contributed by atoms with Crippen LogP contribution in [0.15, 0.2) is 36.4 Å². The van der Waals surface area contributed by atoms with Crippen LogP contribution in [0.25, 0.3) is 0 Å². The fourth-order valence-corrected chi connectivity index (χ4v) is 3.09. The number of carbonyl (C=O) groups excluding carboxylic acids is 1. The molecule has 2 heterocycles. The van der Waals surface area contributed by atoms with Crippen molar-refractivity contribution in [3.8, 4) is 0 Å². The molecule has 1 amide bonds. The highest BCUT2D eigenvalue weighted by Gasteiger charge is 2.25. The average Bonchev–Trinajstić information content (AvgIpc) is 3.01. The third-order valence-corrected chi connectivity index (χ3v) is 4.75. The smallest absolute Gasteiger partial charge is 0.274 e. The van der Waals surface area contributed by atoms with Crippen molar-refractivity contribution < 1.29 is 14.3 Å². The van der Waals surface area contributed by atoms with Crippen molar-refractivity contribution in [1.29, 1.82) is 0 Å². The van der Waals surface area contributed by atoms with Crippen molar-refractivity contribution in [2.24, 2.45) is 7.05 Å². The second-order valence-corrected chi connectivity index (χ2v) is 6.70. The molecule has 0 radical (unpaired) electrons. The quantitative estimate of drug-likeness (QED) is 0.715. The monoisotopic (exact) mass is 357 g/mol. The molecule has 1 aromatic carbocycles. The number of piperidine rings is 1. The number of benzene rings is 1. The summed E-state index contributed by atoms with van der Waals surface area (Å²) in [4.78, 5) is 14.4. The Balaban J connectivity index is 1.33. The van der Waals surface area contributed by atoms with Gasteiger partial charge in [0.25, 0.3) is 5.91 Å². The molecule has 1 fully saturated rings. The van der Waals surface area contributed by atoms with Gasteiger partial charge in [0.15, 0.2) is 5.69 Å². The van der Waals surface area contributed by atoms with Gasteiger partial charge in [-0.2, -0.15) is 5.10 Å². The van der Waals surface area contributed by atoms with E-state index in [0.29, 0.717) is 38.6 Å². The highest BCUT2D eigenvalue weighted by Crippen LogP contribution is 2.16. The largest absolute Gasteiger partial charge is 0.376 e. The molecule has 1 aromatic heterocycles. The van der Waals surface area contributed by atoms with Crippen molar-refractivity contribution in [3.05, 3.63) is 53.3 Å². The number of carbonyl (C=O) groups is 1. The number of likely N-dealkylation sites (tertiary alicyclic amines) is 1. The molecule has 0 aliphatic carbocycles. The fraction of sp³-hybridized carbons (Fsp3) is 0.500. The lowest BCUT2D eigenvalue weighted by molar-refractivity contribution is -0.0229. The minimum absolute atomic E-state index is 0.0124. The average molecular weight is 357 g/mol. The van der Waals surface area contributed by atoms with E-state index in [1.54, 1.807) is 4.68 Å². The van der Waals surface area contributed by atoms with Crippen molar-refractivity contribution >= 4 is 5.91 Å². The predicted octanol–water partition coefficient (Wildman–Crippen LogP) is 2.57. The number of hydrogen-bond acceptors (Lipinski definition) is 4. The molecule has 6 nitrogen and oxygen atoms in total. The second kappa shape index (κ2) is 8.96. The van der Waals surface area contributed by atoms with Gasteiger partial charge in [-0.25, -0.2) is 0 Å². The normalized spacial score (nSPS) is 15.4. The summed E-state index contributed by atoms with van der Waals surface area (Å²) < 4.78 is 13.3. The van der Waals surface area contributed by atoms with Gasteiger partial charge in [0.1, 0.15) is 0 Å². The van der Waals surface area contributed by atoms with Crippen LogP contribution < -0.4 is 0 Å². The Morgan fingerprint density at radius 2 is 1.92 bits per heavy atom. The number of ether oxygens (including phenoxy) is 2. The van der Waals surface area contributed by atoms with E-state index in [1.165, 1.54) is 5.56 Å². The summed E-state index contributed by atoms with van der Waals surface area (Å²) >= 11 is 0. The van der Waals surface area contributed by atoms with Crippen LogP contribution in [0.3, 0.4) is 0 Å². The zero-order valence-corrected chi connectivity index (χ0v) is 15.6. The van der Waals surface area contributed by atoms with Gasteiger partial charge >= 0.3 is 0 Å². The first kappa shape index (κ1) is 18.6. The molecule has 0 spiro atoms. The third kappa shape index (κ3) is 4.93. The molecule has 1 aliphatic rings. The predicted molar refractivity (Wildman–Crippen MR) is 98.9 cm³/mol. The minimum Gasteiger partial charge on any atom is -0.376 e. The van der Waals surface area contributed by atoms with E-state index in [9.17, 15) is 4.79 Å². The zero-order chi connectivity index (χ0) is 18.4. The summed E-state index contributed by atoms with van der Waals surface area (Å²) in [6.07, 6.45) is 1.91. The summed E-state index contributed by atoms with van der Waals surface area (Å²) in [5, 5.41) is 4.28. The molecule has 0 bridgehead atoms. The zero-order valence-electron chi connectivity index (χ0n) is 15.6. The summed E-state index contributed by atoms with van der Waals surface area (Å²) in [5.41, 5.74) is 2.69. The molecule has 6 heteroatoms. The summed E-state index contributed by atoms with van der Waals surface area (Å²) in [7, 11) is 1.85. The lowest BCUT2D eigenvalue weighted by Gasteiger charge is -2.31. The number of hydrogen-bond donors (Lipinski definition) is 0. The van der Waals surface area contributed by atoms with Crippen molar-refractivity contribution in [2.45, 2.75) is 32.5 Å². The van der Waals surface area contributed by atoms with Crippen LogP contribution in [0.5, 0.6) is 0 Å². The van der Waals surface area contributed by atoms with E-state index in [0.717, 1.165) is 18.5 Å². The molecule has 1 aliphatic heterocycles. The van der Waals surface area contributed by atoms with Crippen molar-refractivity contribution in [3.63, 3.8) is 0 Å². The number of aromatic nitrogens is 2. The number of nitrogens with zero attached hydrogens (tertiary/aromatic N) is 3. The van der Waals surface area contributed by atoms with Crippen LogP contribution in [0.4, 0.5) is 0 Å². The van der Waals surface area contributed by atoms with Gasteiger partial charge in [-0.15, -0.1) is 0 Å². The fourth-order valence-electron chi connectivity index (χ4n) is 3.09. The van der Waals surface area contributed by atoms with E-state index >= 15 is 0 Å². The van der Waals surface area contributed by atoms with E-state index in [4.69, 9.17) is 9.47 Å². The molecule has 0 atom stereocenters. The van der Waals surface area contributed by atoms with Gasteiger partial charge in [0.2, 0.25) is 0 Å². The maximum Gasteiger partial charge on any atom is 0.274 e. The molecular formula is C20H27N3O3. The molecule has 26 heavy (non-hydrogen) atoms. The molecule has 140 valence electrons. The summed E-state index contributed by atoms with van der Waals surface area (Å²) in [6.45, 7) is 5.16. The van der Waals surface area contributed by atoms with Gasteiger partial charge in [0, 0.05) is 25.8 Å². The van der Waals surface area contributed by atoms with E-state index in [2.05, 4.69) is 17.2 Å². The molecule has 0 N–H and O–H groups in total. The lowest BCUT2D eigenvalue weighted by Crippen LogP contribution is -2.41. The third-order valence-electron chi connectivity index (χ3n) is 4.75. The Kier molecular flexibility index (Phi) is 6.41. The molecule has 2 aromatic rings. The Morgan fingerprint density at radius 3 is 2.58 bits per heavy atom. The van der Waals surface area contributed by atoms with Crippen molar-refractivity contribution in [1.82, 2.24) is 14.7 Å². The van der Waals surface area contributed by atoms with Crippen LogP contribution in [0, 0.1) is 6.92 Å². The van der Waals surface area contributed by atoms with Gasteiger partial charge in [-0.1, -0.05) is 30.3 Å². The van der Waals surface area contributed by atoms with E-state index in [-0.39, 0.29) is 12.0 Å². The SMILES string of the molecule is Cc1cc(C(=O)N2CCC(OCCOCc3ccccc3)CC2)nn1C. The Bertz CT molecular complexity index is 687. The van der Waals surface area contributed by atoms with Crippen LogP contribution >= 0.6 is 0 Å². The number of rotatable bonds is 7. The minimum atomic E-state index is 0.0124. The summed E-state index contributed by atoms with van der Waals surface area (Å²) in [6, 6.07) is 12.0. The molecule has 0 unspecified atom stereocenters. The molecule has 1 saturated heterocycles. The first-order valence-electron chi connectivity index (χ1n) is 9.16. The Labute approximate surface area is 154 Å². The van der Waals surface area contributed by atoms with Crippen LogP contribution in [0.2, 0.25) is 0 Å². The van der Waals surface area contributed by atoms with E-state index in [1.807, 2.05) is 43.1 Å². The topological polar surface area (TPSA) is 56.6 Å². The number of amides is 1. The first-order chi connectivity index (χ1) is 12.6. The van der Waals surface area contributed by atoms with E-state index < -0.39 is 0 Å². The highest BCUT2D eigenvalue weighted by molar-refractivity contribution is 5.92. The van der Waals surface area contributed by atoms with Gasteiger partial charge in [-0.05, 0) is 31.4 Å². The maximum absolute atomic E-state index is 12.5. The highest BCUT2D eigenvalue weighted by atomic mass is 16.5. The maximum atomic E-state index is 12.5. The molecule has 3 rings (SSSR count). The Morgan fingerprint density at radius 1 is 1.19 bits per heavy atom. The second-order valence-electron chi connectivity index (χ2n) is 6.70. The standard InChI is InChI=1S/C20H27N3O3/c1-16-14-19(21-22(16)2)20(24)23-10-8-18(9-11-23)26-13-12-25-15-17-6-4-3-5-7-17/h3-7,14,18H,8-13,15H2,1-2H3. The lowest BCUT2D eigenvalue weighted by atomic mass is 10.1. The van der Waals surface area contributed by atoms with Crippen LogP contribution in [-0.2, 0) is 23.1 Å². The van der Waals surface area contributed by atoms with Crippen LogP contribution in [0.1, 0.15) is 34.6 Å². The molecular weight excluding hydrogens is 330 g/mol. The van der Waals surface area contributed by atoms with Gasteiger partial charge in [0.05, 0.1) is 25.9 Å². The Hall–Kier alpha value is -2.18.